The number of hydrogen-bond acceptors (Lipinski definition) is 0. The van der Waals surface area contributed by atoms with Gasteiger partial charge in [0.05, 0.1) is 0 Å². The number of unbranched alkanes of at least 4 members (excludes halogenated alkanes) is 3. The maximum atomic E-state index is 3.51. The molecule has 0 aliphatic heterocycles. The Hall–Kier alpha value is -0.260. The van der Waals surface area contributed by atoms with Gasteiger partial charge in [0, 0.05) is 0 Å². The standard InChI is InChI=1S/C7H13/c1-3-5-7-6-4-2/h1,4-7H2,2H3/q-1. The van der Waals surface area contributed by atoms with Gasteiger partial charge in [0.25, 0.3) is 0 Å². The molecule has 0 heteroatoms. The molecule has 0 nitrogen and oxygen atoms in total. The Bertz CT molecular complexity index is 37.3. The quantitative estimate of drug-likeness (QED) is 0.373. The number of rotatable bonds is 4. The Balaban J connectivity index is 2.56. The zero-order valence-electron chi connectivity index (χ0n) is 5.04. The van der Waals surface area contributed by atoms with Crippen molar-refractivity contribution in [2.24, 2.45) is 0 Å². The molecule has 0 amide bonds. The summed E-state index contributed by atoms with van der Waals surface area (Å²) >= 11 is 0. The first kappa shape index (κ1) is 6.74. The van der Waals surface area contributed by atoms with E-state index < -0.39 is 0 Å². The van der Waals surface area contributed by atoms with E-state index in [0.29, 0.717) is 0 Å². The van der Waals surface area contributed by atoms with Crippen molar-refractivity contribution in [2.45, 2.75) is 32.6 Å². The molecule has 0 aromatic rings. The first-order valence-electron chi connectivity index (χ1n) is 2.91. The lowest BCUT2D eigenvalue weighted by molar-refractivity contribution is 0.723. The van der Waals surface area contributed by atoms with Crippen molar-refractivity contribution in [2.75, 3.05) is 0 Å². The zero-order chi connectivity index (χ0) is 5.54. The fraction of sp³-hybridized carbons (Fsp3) is 0.714. The van der Waals surface area contributed by atoms with Crippen LogP contribution in [0.5, 0.6) is 0 Å². The van der Waals surface area contributed by atoms with E-state index >= 15 is 0 Å². The van der Waals surface area contributed by atoms with Crippen molar-refractivity contribution < 1.29 is 0 Å². The van der Waals surface area contributed by atoms with Crippen LogP contribution in [0.2, 0.25) is 0 Å². The molecule has 0 saturated carbocycles. The van der Waals surface area contributed by atoms with Gasteiger partial charge < -0.3 is 6.08 Å². The molecule has 0 aromatic carbocycles. The fourth-order valence-electron chi connectivity index (χ4n) is 0.500. The lowest BCUT2D eigenvalue weighted by atomic mass is 10.2. The molecule has 0 spiro atoms. The SMILES string of the molecule is C=[C-]CCCCC. The van der Waals surface area contributed by atoms with Gasteiger partial charge in [0.1, 0.15) is 0 Å². The Labute approximate surface area is 46.2 Å². The van der Waals surface area contributed by atoms with Gasteiger partial charge in [-0.2, -0.15) is 6.42 Å². The molecule has 0 heterocycles. The predicted octanol–water partition coefficient (Wildman–Crippen LogP) is 2.56. The largest absolute Gasteiger partial charge is 0.504 e. The van der Waals surface area contributed by atoms with Gasteiger partial charge in [-0.3, -0.25) is 6.58 Å². The van der Waals surface area contributed by atoms with Gasteiger partial charge in [-0.05, 0) is 0 Å². The summed E-state index contributed by atoms with van der Waals surface area (Å²) in [4.78, 5) is 0. The van der Waals surface area contributed by atoms with Crippen molar-refractivity contribution in [1.82, 2.24) is 0 Å². The summed E-state index contributed by atoms with van der Waals surface area (Å²) in [6, 6.07) is 0. The van der Waals surface area contributed by atoms with Crippen molar-refractivity contribution in [3.05, 3.63) is 12.7 Å². The van der Waals surface area contributed by atoms with Crippen LogP contribution in [0, 0.1) is 6.08 Å². The molecule has 7 heavy (non-hydrogen) atoms. The van der Waals surface area contributed by atoms with E-state index in [9.17, 15) is 0 Å². The van der Waals surface area contributed by atoms with Crippen LogP contribution >= 0.6 is 0 Å². The van der Waals surface area contributed by atoms with Crippen molar-refractivity contribution >= 4 is 0 Å². The second-order valence-electron chi connectivity index (χ2n) is 1.71. The Kier molecular flexibility index (Phi) is 5.53. The highest BCUT2D eigenvalue weighted by atomic mass is 13.8. The van der Waals surface area contributed by atoms with E-state index in [1.54, 1.807) is 0 Å². The smallest absolute Gasteiger partial charge is 0.0559 e. The molecule has 0 unspecified atom stereocenters. The summed E-state index contributed by atoms with van der Waals surface area (Å²) in [5, 5.41) is 0. The van der Waals surface area contributed by atoms with Gasteiger partial charge in [-0.1, -0.05) is 26.2 Å². The molecule has 0 N–H and O–H groups in total. The van der Waals surface area contributed by atoms with Crippen LogP contribution in [-0.2, 0) is 0 Å². The van der Waals surface area contributed by atoms with Crippen LogP contribution in [0.25, 0.3) is 0 Å². The average Bonchev–Trinajstić information content (AvgIpc) is 1.69. The minimum atomic E-state index is 1.06. The third kappa shape index (κ3) is 5.74. The first-order chi connectivity index (χ1) is 3.41. The molecule has 0 aliphatic rings. The molecule has 0 aromatic heterocycles. The highest BCUT2D eigenvalue weighted by molar-refractivity contribution is 4.53. The van der Waals surface area contributed by atoms with Crippen molar-refractivity contribution in [3.8, 4) is 0 Å². The van der Waals surface area contributed by atoms with E-state index in [2.05, 4.69) is 19.6 Å². The van der Waals surface area contributed by atoms with Crippen LogP contribution in [-0.4, -0.2) is 0 Å². The normalized spacial score (nSPS) is 8.71. The molecule has 0 rings (SSSR count). The van der Waals surface area contributed by atoms with E-state index in [-0.39, 0.29) is 0 Å². The summed E-state index contributed by atoms with van der Waals surface area (Å²) in [5.41, 5.74) is 0. The molecule has 0 bridgehead atoms. The summed E-state index contributed by atoms with van der Waals surface area (Å²) in [5.74, 6) is 0. The lowest BCUT2D eigenvalue weighted by Crippen LogP contribution is -1.68. The predicted molar refractivity (Wildman–Crippen MR) is 33.0 cm³/mol. The van der Waals surface area contributed by atoms with E-state index in [1.807, 2.05) is 0 Å². The van der Waals surface area contributed by atoms with Crippen LogP contribution < -0.4 is 0 Å². The van der Waals surface area contributed by atoms with Gasteiger partial charge >= 0.3 is 0 Å². The maximum Gasteiger partial charge on any atom is -0.0559 e. The third-order valence-electron chi connectivity index (χ3n) is 0.957. The molecule has 0 aliphatic carbocycles. The zero-order valence-corrected chi connectivity index (χ0v) is 5.04. The molecule has 0 fully saturated rings. The molecule has 0 radical (unpaired) electrons. The van der Waals surface area contributed by atoms with Crippen LogP contribution in [0.3, 0.4) is 0 Å². The second kappa shape index (κ2) is 5.74. The van der Waals surface area contributed by atoms with Crippen molar-refractivity contribution in [1.29, 1.82) is 0 Å². The van der Waals surface area contributed by atoms with Gasteiger partial charge in [-0.25, -0.2) is 0 Å². The highest BCUT2D eigenvalue weighted by Gasteiger charge is 1.71. The molecular formula is C7H13-. The number of hydrogen-bond donors (Lipinski definition) is 0. The molecular weight excluding hydrogens is 84.1 g/mol. The maximum absolute atomic E-state index is 3.51. The molecule has 42 valence electrons. The van der Waals surface area contributed by atoms with Crippen molar-refractivity contribution in [3.63, 3.8) is 0 Å². The minimum Gasteiger partial charge on any atom is -0.504 e. The molecule has 0 saturated heterocycles. The summed E-state index contributed by atoms with van der Waals surface area (Å²) in [6.07, 6.45) is 7.80. The summed E-state index contributed by atoms with van der Waals surface area (Å²) < 4.78 is 0. The van der Waals surface area contributed by atoms with E-state index in [0.717, 1.165) is 6.42 Å². The van der Waals surface area contributed by atoms with Gasteiger partial charge in [0.2, 0.25) is 0 Å². The minimum absolute atomic E-state index is 1.06. The second-order valence-corrected chi connectivity index (χ2v) is 1.71. The Morgan fingerprint density at radius 2 is 2.14 bits per heavy atom. The van der Waals surface area contributed by atoms with Crippen LogP contribution in [0.15, 0.2) is 6.58 Å². The van der Waals surface area contributed by atoms with Gasteiger partial charge in [-0.15, -0.1) is 0 Å². The van der Waals surface area contributed by atoms with Crippen LogP contribution in [0.4, 0.5) is 0 Å². The number of allylic oxidation sites excluding steroid dienone is 1. The fourth-order valence-corrected chi connectivity index (χ4v) is 0.500. The van der Waals surface area contributed by atoms with E-state index in [1.165, 1.54) is 19.3 Å². The van der Waals surface area contributed by atoms with Crippen LogP contribution in [0.1, 0.15) is 32.6 Å². The summed E-state index contributed by atoms with van der Waals surface area (Å²) in [7, 11) is 0. The summed E-state index contributed by atoms with van der Waals surface area (Å²) in [6.45, 7) is 5.70. The highest BCUT2D eigenvalue weighted by Crippen LogP contribution is 1.96. The third-order valence-corrected chi connectivity index (χ3v) is 0.957. The topological polar surface area (TPSA) is 0 Å². The Morgan fingerprint density at radius 1 is 1.43 bits per heavy atom. The average molecular weight is 97.2 g/mol. The first-order valence-corrected chi connectivity index (χ1v) is 2.91. The van der Waals surface area contributed by atoms with Gasteiger partial charge in [0.15, 0.2) is 0 Å². The Morgan fingerprint density at radius 3 is 2.57 bits per heavy atom. The molecule has 0 atom stereocenters. The lowest BCUT2D eigenvalue weighted by Gasteiger charge is -1.97. The monoisotopic (exact) mass is 97.1 g/mol. The van der Waals surface area contributed by atoms with E-state index in [4.69, 9.17) is 0 Å².